The molecule has 4 nitrogen and oxygen atoms in total. The van der Waals surface area contributed by atoms with Gasteiger partial charge in [0.05, 0.1) is 11.9 Å². The lowest BCUT2D eigenvalue weighted by atomic mass is 10.1. The van der Waals surface area contributed by atoms with E-state index in [1.165, 1.54) is 18.3 Å². The fraction of sp³-hybridized carbons (Fsp3) is 0.333. The van der Waals surface area contributed by atoms with E-state index >= 15 is 0 Å². The summed E-state index contributed by atoms with van der Waals surface area (Å²) in [7, 11) is 0. The highest BCUT2D eigenvalue weighted by atomic mass is 19.1. The summed E-state index contributed by atoms with van der Waals surface area (Å²) >= 11 is 0. The first-order valence-electron chi connectivity index (χ1n) is 4.26. The maximum atomic E-state index is 12.4. The fourth-order valence-corrected chi connectivity index (χ4v) is 0.822. The summed E-state index contributed by atoms with van der Waals surface area (Å²) in [6.07, 6.45) is 1.26. The zero-order valence-electron chi connectivity index (χ0n) is 7.83. The zero-order chi connectivity index (χ0) is 10.6. The molecule has 1 unspecified atom stereocenters. The van der Waals surface area contributed by atoms with Crippen LogP contribution in [0, 0.1) is 11.9 Å². The topological polar surface area (TPSA) is 68.0 Å². The summed E-state index contributed by atoms with van der Waals surface area (Å²) in [6, 6.07) is 2.63. The lowest BCUT2D eigenvalue weighted by Gasteiger charge is -2.08. The number of carbonyl (C=O) groups is 1. The Balaban J connectivity index is 2.60. The van der Waals surface area contributed by atoms with Gasteiger partial charge in [0, 0.05) is 12.5 Å². The van der Waals surface area contributed by atoms with Crippen molar-refractivity contribution in [2.75, 3.05) is 11.9 Å². The van der Waals surface area contributed by atoms with Crippen molar-refractivity contribution >= 4 is 11.6 Å². The molecule has 1 aromatic heterocycles. The minimum absolute atomic E-state index is 0.194. The molecular formula is C9H12FN3O. The number of hydrogen-bond acceptors (Lipinski definition) is 3. The maximum Gasteiger partial charge on any atom is 0.228 e. The average molecular weight is 197 g/mol. The normalized spacial score (nSPS) is 12.2. The minimum Gasteiger partial charge on any atom is -0.330 e. The Bertz CT molecular complexity index is 312. The van der Waals surface area contributed by atoms with Gasteiger partial charge >= 0.3 is 0 Å². The second-order valence-corrected chi connectivity index (χ2v) is 3.00. The molecule has 0 spiro atoms. The molecule has 0 aliphatic heterocycles. The summed E-state index contributed by atoms with van der Waals surface area (Å²) < 4.78 is 12.4. The van der Waals surface area contributed by atoms with Crippen LogP contribution in [-0.2, 0) is 4.79 Å². The van der Waals surface area contributed by atoms with Crippen LogP contribution in [-0.4, -0.2) is 17.4 Å². The number of nitrogens with zero attached hydrogens (tertiary/aromatic N) is 1. The molecule has 14 heavy (non-hydrogen) atoms. The molecule has 0 bridgehead atoms. The van der Waals surface area contributed by atoms with Crippen molar-refractivity contribution in [3.05, 3.63) is 24.3 Å². The van der Waals surface area contributed by atoms with Crippen LogP contribution in [0.15, 0.2) is 18.3 Å². The van der Waals surface area contributed by atoms with Crippen LogP contribution >= 0.6 is 0 Å². The predicted octanol–water partition coefficient (Wildman–Crippen LogP) is 0.754. The number of anilines is 1. The number of carbonyl (C=O) groups excluding carboxylic acids is 1. The van der Waals surface area contributed by atoms with Gasteiger partial charge in [-0.25, -0.2) is 4.98 Å². The SMILES string of the molecule is CC(CN)C(=O)Nc1ccc(F)nc1. The Morgan fingerprint density at radius 2 is 2.43 bits per heavy atom. The molecule has 1 aromatic rings. The van der Waals surface area contributed by atoms with E-state index in [1.54, 1.807) is 6.92 Å². The number of hydrogen-bond donors (Lipinski definition) is 2. The largest absolute Gasteiger partial charge is 0.330 e. The highest BCUT2D eigenvalue weighted by Crippen LogP contribution is 2.06. The molecule has 1 heterocycles. The standard InChI is InChI=1S/C9H12FN3O/c1-6(4-11)9(14)13-7-2-3-8(10)12-5-7/h2-3,5-6H,4,11H2,1H3,(H,13,14). The third kappa shape index (κ3) is 2.77. The Morgan fingerprint density at radius 3 is 2.93 bits per heavy atom. The lowest BCUT2D eigenvalue weighted by molar-refractivity contribution is -0.119. The fourth-order valence-electron chi connectivity index (χ4n) is 0.822. The molecule has 1 rings (SSSR count). The first-order chi connectivity index (χ1) is 6.63. The van der Waals surface area contributed by atoms with Crippen LogP contribution in [0.1, 0.15) is 6.92 Å². The number of amides is 1. The van der Waals surface area contributed by atoms with Crippen LogP contribution in [0.25, 0.3) is 0 Å². The predicted molar refractivity (Wildman–Crippen MR) is 51.0 cm³/mol. The van der Waals surface area contributed by atoms with Gasteiger partial charge in [-0.1, -0.05) is 6.92 Å². The van der Waals surface area contributed by atoms with Crippen LogP contribution in [0.4, 0.5) is 10.1 Å². The van der Waals surface area contributed by atoms with E-state index in [4.69, 9.17) is 5.73 Å². The molecule has 5 heteroatoms. The smallest absolute Gasteiger partial charge is 0.228 e. The Morgan fingerprint density at radius 1 is 1.71 bits per heavy atom. The summed E-state index contributed by atoms with van der Waals surface area (Å²) in [4.78, 5) is 14.7. The summed E-state index contributed by atoms with van der Waals surface area (Å²) in [6.45, 7) is 1.99. The van der Waals surface area contributed by atoms with Gasteiger partial charge in [-0.15, -0.1) is 0 Å². The van der Waals surface area contributed by atoms with Gasteiger partial charge in [0.25, 0.3) is 0 Å². The third-order valence-electron chi connectivity index (χ3n) is 1.80. The van der Waals surface area contributed by atoms with Gasteiger partial charge < -0.3 is 11.1 Å². The number of aromatic nitrogens is 1. The molecule has 1 atom stereocenters. The number of rotatable bonds is 3. The van der Waals surface area contributed by atoms with Gasteiger partial charge in [-0.05, 0) is 12.1 Å². The Hall–Kier alpha value is -1.49. The molecule has 0 radical (unpaired) electrons. The molecule has 0 aliphatic rings. The minimum atomic E-state index is -0.574. The Labute approximate surface area is 81.3 Å². The molecule has 0 fully saturated rings. The third-order valence-corrected chi connectivity index (χ3v) is 1.80. The van der Waals surface area contributed by atoms with Gasteiger partial charge in [-0.3, -0.25) is 4.79 Å². The molecule has 3 N–H and O–H groups in total. The lowest BCUT2D eigenvalue weighted by Crippen LogP contribution is -2.26. The quantitative estimate of drug-likeness (QED) is 0.703. The van der Waals surface area contributed by atoms with Crippen LogP contribution in [0.5, 0.6) is 0 Å². The number of halogens is 1. The van der Waals surface area contributed by atoms with E-state index in [-0.39, 0.29) is 18.4 Å². The van der Waals surface area contributed by atoms with E-state index in [9.17, 15) is 9.18 Å². The Kier molecular flexibility index (Phi) is 3.53. The van der Waals surface area contributed by atoms with Gasteiger partial charge in [0.2, 0.25) is 11.9 Å². The van der Waals surface area contributed by atoms with E-state index in [0.29, 0.717) is 5.69 Å². The van der Waals surface area contributed by atoms with Crippen molar-refractivity contribution in [2.24, 2.45) is 11.7 Å². The maximum absolute atomic E-state index is 12.4. The second-order valence-electron chi connectivity index (χ2n) is 3.00. The van der Waals surface area contributed by atoms with Crippen LogP contribution < -0.4 is 11.1 Å². The van der Waals surface area contributed by atoms with Gasteiger partial charge in [0.15, 0.2) is 0 Å². The first-order valence-corrected chi connectivity index (χ1v) is 4.26. The zero-order valence-corrected chi connectivity index (χ0v) is 7.83. The summed E-state index contributed by atoms with van der Waals surface area (Å²) in [5.74, 6) is -1.03. The highest BCUT2D eigenvalue weighted by Gasteiger charge is 2.10. The van der Waals surface area contributed by atoms with Crippen molar-refractivity contribution in [3.63, 3.8) is 0 Å². The summed E-state index contributed by atoms with van der Waals surface area (Å²) in [5.41, 5.74) is 5.78. The van der Waals surface area contributed by atoms with Crippen LogP contribution in [0.2, 0.25) is 0 Å². The molecule has 0 aromatic carbocycles. The first kappa shape index (κ1) is 10.6. The monoisotopic (exact) mass is 197 g/mol. The number of nitrogens with two attached hydrogens (primary N) is 1. The van der Waals surface area contributed by atoms with Crippen molar-refractivity contribution in [1.29, 1.82) is 0 Å². The number of pyridine rings is 1. The molecule has 1 amide bonds. The summed E-state index contributed by atoms with van der Waals surface area (Å²) in [5, 5.41) is 2.57. The molecule has 0 aliphatic carbocycles. The van der Waals surface area contributed by atoms with Crippen molar-refractivity contribution < 1.29 is 9.18 Å². The molecule has 76 valence electrons. The highest BCUT2D eigenvalue weighted by molar-refractivity contribution is 5.92. The number of nitrogens with one attached hydrogen (secondary N) is 1. The van der Waals surface area contributed by atoms with E-state index in [1.807, 2.05) is 0 Å². The van der Waals surface area contributed by atoms with E-state index < -0.39 is 5.95 Å². The molecule has 0 saturated heterocycles. The van der Waals surface area contributed by atoms with E-state index in [0.717, 1.165) is 0 Å². The van der Waals surface area contributed by atoms with Crippen molar-refractivity contribution in [3.8, 4) is 0 Å². The average Bonchev–Trinajstić information content (AvgIpc) is 2.20. The van der Waals surface area contributed by atoms with Gasteiger partial charge in [0.1, 0.15) is 0 Å². The molecular weight excluding hydrogens is 185 g/mol. The van der Waals surface area contributed by atoms with Crippen molar-refractivity contribution in [2.45, 2.75) is 6.92 Å². The van der Waals surface area contributed by atoms with E-state index in [2.05, 4.69) is 10.3 Å². The molecule has 0 saturated carbocycles. The van der Waals surface area contributed by atoms with Gasteiger partial charge in [-0.2, -0.15) is 4.39 Å². The second kappa shape index (κ2) is 4.66. The van der Waals surface area contributed by atoms with Crippen molar-refractivity contribution in [1.82, 2.24) is 4.98 Å². The van der Waals surface area contributed by atoms with Crippen LogP contribution in [0.3, 0.4) is 0 Å².